The molecular weight excluding hydrogens is 368 g/mol. The number of amides is 1. The van der Waals surface area contributed by atoms with Crippen molar-refractivity contribution in [3.63, 3.8) is 0 Å². The highest BCUT2D eigenvalue weighted by atomic mass is 16.1. The summed E-state index contributed by atoms with van der Waals surface area (Å²) in [7, 11) is 0. The summed E-state index contributed by atoms with van der Waals surface area (Å²) in [5.41, 5.74) is 6.87. The van der Waals surface area contributed by atoms with Crippen LogP contribution in [0.2, 0.25) is 0 Å². The van der Waals surface area contributed by atoms with E-state index in [1.54, 1.807) is 4.52 Å². The summed E-state index contributed by atoms with van der Waals surface area (Å²) >= 11 is 0. The largest absolute Gasteiger partial charge is 0.368 e. The molecule has 5 rings (SSSR count). The number of primary amides is 1. The molecule has 3 aromatic heterocycles. The second-order valence-corrected chi connectivity index (χ2v) is 9.27. The first kappa shape index (κ1) is 18.0. The van der Waals surface area contributed by atoms with E-state index in [1.165, 1.54) is 12.8 Å². The zero-order chi connectivity index (χ0) is 20.4. The number of carbonyl (C=O) groups is 1. The van der Waals surface area contributed by atoms with Gasteiger partial charge in [-0.15, -0.1) is 5.10 Å². The fourth-order valence-electron chi connectivity index (χ4n) is 4.45. The average molecular weight is 394 g/mol. The van der Waals surface area contributed by atoms with Gasteiger partial charge in [0.1, 0.15) is 11.1 Å². The molecule has 0 radical (unpaired) electrons. The number of aromatic amines is 1. The first-order chi connectivity index (χ1) is 13.7. The third-order valence-corrected chi connectivity index (χ3v) is 6.02. The quantitative estimate of drug-likeness (QED) is 0.612. The molecule has 29 heavy (non-hydrogen) atoms. The molecule has 1 saturated carbocycles. The summed E-state index contributed by atoms with van der Waals surface area (Å²) in [6, 6.07) is 5.90. The van der Waals surface area contributed by atoms with Crippen LogP contribution in [0.4, 0.5) is 17.6 Å². The van der Waals surface area contributed by atoms with Gasteiger partial charge in [0.2, 0.25) is 11.9 Å². The molecule has 1 atom stereocenters. The smallest absolute Gasteiger partial charge is 0.246 e. The Bertz CT molecular complexity index is 1100. The lowest BCUT2D eigenvalue weighted by molar-refractivity contribution is -0.122. The molecule has 9 heteroatoms. The fourth-order valence-corrected chi connectivity index (χ4v) is 4.45. The number of nitrogens with zero attached hydrogens (tertiary/aromatic N) is 5. The predicted octanol–water partition coefficient (Wildman–Crippen LogP) is 2.55. The number of carbonyl (C=O) groups excluding carboxylic acids is 1. The van der Waals surface area contributed by atoms with Gasteiger partial charge in [-0.3, -0.25) is 9.89 Å². The Morgan fingerprint density at radius 1 is 1.34 bits per heavy atom. The van der Waals surface area contributed by atoms with Crippen LogP contribution in [0.25, 0.3) is 5.52 Å². The normalized spacial score (nSPS) is 23.6. The summed E-state index contributed by atoms with van der Waals surface area (Å²) in [6.07, 6.45) is 4.93. The van der Waals surface area contributed by atoms with Crippen LogP contribution >= 0.6 is 0 Å². The molecule has 1 saturated heterocycles. The van der Waals surface area contributed by atoms with Crippen molar-refractivity contribution in [2.45, 2.75) is 51.5 Å². The second kappa shape index (κ2) is 5.95. The van der Waals surface area contributed by atoms with E-state index in [9.17, 15) is 4.79 Å². The van der Waals surface area contributed by atoms with E-state index < -0.39 is 5.54 Å². The molecule has 0 aromatic carbocycles. The Morgan fingerprint density at radius 2 is 2.14 bits per heavy atom. The zero-order valence-corrected chi connectivity index (χ0v) is 16.9. The fraction of sp³-hybridized carbons (Fsp3) is 0.500. The molecule has 1 aliphatic carbocycles. The Balaban J connectivity index is 1.55. The number of aromatic nitrogens is 5. The van der Waals surface area contributed by atoms with E-state index in [4.69, 9.17) is 10.7 Å². The van der Waals surface area contributed by atoms with Crippen LogP contribution in [0.15, 0.2) is 24.4 Å². The van der Waals surface area contributed by atoms with E-state index in [2.05, 4.69) is 34.5 Å². The second-order valence-electron chi connectivity index (χ2n) is 9.27. The highest BCUT2D eigenvalue weighted by molar-refractivity contribution is 5.88. The molecule has 9 nitrogen and oxygen atoms in total. The van der Waals surface area contributed by atoms with E-state index >= 15 is 0 Å². The SMILES string of the molecule is CC1(C)CN(c2nc(Nc3cc(C4CC4)[nH]n3)c3cccn3n2)[C@](C)(C(N)=O)C1. The van der Waals surface area contributed by atoms with Crippen molar-refractivity contribution >= 4 is 29.0 Å². The lowest BCUT2D eigenvalue weighted by Crippen LogP contribution is -2.52. The number of nitrogens with one attached hydrogen (secondary N) is 2. The van der Waals surface area contributed by atoms with Crippen LogP contribution < -0.4 is 16.0 Å². The highest BCUT2D eigenvalue weighted by Gasteiger charge is 2.51. The summed E-state index contributed by atoms with van der Waals surface area (Å²) in [5, 5.41) is 15.5. The van der Waals surface area contributed by atoms with Crippen molar-refractivity contribution in [1.29, 1.82) is 0 Å². The van der Waals surface area contributed by atoms with Crippen LogP contribution in [-0.2, 0) is 4.79 Å². The van der Waals surface area contributed by atoms with Gasteiger partial charge >= 0.3 is 0 Å². The first-order valence-corrected chi connectivity index (χ1v) is 10.0. The van der Waals surface area contributed by atoms with Gasteiger partial charge in [0.05, 0.1) is 0 Å². The van der Waals surface area contributed by atoms with Gasteiger partial charge in [0.25, 0.3) is 0 Å². The van der Waals surface area contributed by atoms with Gasteiger partial charge in [-0.25, -0.2) is 4.52 Å². The van der Waals surface area contributed by atoms with Crippen LogP contribution in [0.3, 0.4) is 0 Å². The summed E-state index contributed by atoms with van der Waals surface area (Å²) < 4.78 is 1.77. The molecule has 2 aliphatic rings. The van der Waals surface area contributed by atoms with E-state index in [1.807, 2.05) is 36.2 Å². The molecule has 0 unspecified atom stereocenters. The Morgan fingerprint density at radius 3 is 2.86 bits per heavy atom. The van der Waals surface area contributed by atoms with Crippen LogP contribution in [0, 0.1) is 5.41 Å². The molecular formula is C20H26N8O. The molecule has 1 amide bonds. The molecule has 3 aromatic rings. The zero-order valence-electron chi connectivity index (χ0n) is 16.9. The lowest BCUT2D eigenvalue weighted by atomic mass is 9.84. The van der Waals surface area contributed by atoms with Gasteiger partial charge in [-0.1, -0.05) is 13.8 Å². The minimum absolute atomic E-state index is 0.0757. The third kappa shape index (κ3) is 3.01. The first-order valence-electron chi connectivity index (χ1n) is 10.0. The topological polar surface area (TPSA) is 117 Å². The number of rotatable bonds is 5. The number of nitrogens with two attached hydrogens (primary N) is 1. The number of hydrogen-bond acceptors (Lipinski definition) is 6. The van der Waals surface area contributed by atoms with Crippen LogP contribution in [-0.4, -0.2) is 42.8 Å². The minimum atomic E-state index is -0.840. The van der Waals surface area contributed by atoms with E-state index in [0.29, 0.717) is 30.6 Å². The molecule has 0 bridgehead atoms. The molecule has 4 N–H and O–H groups in total. The molecule has 152 valence electrons. The van der Waals surface area contributed by atoms with E-state index in [0.717, 1.165) is 17.0 Å². The standard InChI is InChI=1S/C20H26N8O/c1-19(2)10-20(3,17(21)29)27(11-19)18-23-16(14-5-4-8-28(14)26-18)22-15-9-13(24-25-15)12-6-7-12/h4-5,8-9,12H,6-7,10-11H2,1-3H3,(H2,21,29)(H2,22,23,24,25,26)/t20-/m0/s1. The van der Waals surface area contributed by atoms with Gasteiger partial charge in [-0.2, -0.15) is 10.1 Å². The maximum atomic E-state index is 12.3. The maximum absolute atomic E-state index is 12.3. The maximum Gasteiger partial charge on any atom is 0.246 e. The molecule has 2 fully saturated rings. The Hall–Kier alpha value is -3.10. The summed E-state index contributed by atoms with van der Waals surface area (Å²) in [4.78, 5) is 19.1. The highest BCUT2D eigenvalue weighted by Crippen LogP contribution is 2.43. The number of fused-ring (bicyclic) bond motifs is 1. The van der Waals surface area contributed by atoms with Crippen molar-refractivity contribution < 1.29 is 4.79 Å². The Labute approximate surface area is 168 Å². The number of anilines is 3. The van der Waals surface area contributed by atoms with Gasteiger partial charge in [0, 0.05) is 30.4 Å². The van der Waals surface area contributed by atoms with Gasteiger partial charge < -0.3 is 16.0 Å². The lowest BCUT2D eigenvalue weighted by Gasteiger charge is -2.32. The average Bonchev–Trinajstić information content (AvgIpc) is 3.09. The van der Waals surface area contributed by atoms with Crippen molar-refractivity contribution in [2.24, 2.45) is 11.1 Å². The summed E-state index contributed by atoms with van der Waals surface area (Å²) in [5.74, 6) is 2.07. The number of hydrogen-bond donors (Lipinski definition) is 3. The molecule has 4 heterocycles. The van der Waals surface area contributed by atoms with Crippen LogP contribution in [0.5, 0.6) is 0 Å². The van der Waals surface area contributed by atoms with Gasteiger partial charge in [0.15, 0.2) is 11.6 Å². The molecule has 0 spiro atoms. The van der Waals surface area contributed by atoms with Crippen LogP contribution in [0.1, 0.15) is 51.6 Å². The van der Waals surface area contributed by atoms with Crippen molar-refractivity contribution in [1.82, 2.24) is 24.8 Å². The van der Waals surface area contributed by atoms with Crippen molar-refractivity contribution in [3.8, 4) is 0 Å². The monoisotopic (exact) mass is 394 g/mol. The number of H-pyrrole nitrogens is 1. The van der Waals surface area contributed by atoms with E-state index in [-0.39, 0.29) is 11.3 Å². The minimum Gasteiger partial charge on any atom is -0.368 e. The molecule has 1 aliphatic heterocycles. The van der Waals surface area contributed by atoms with Crippen molar-refractivity contribution in [3.05, 3.63) is 30.1 Å². The third-order valence-electron chi connectivity index (χ3n) is 6.02. The van der Waals surface area contributed by atoms with Gasteiger partial charge in [-0.05, 0) is 43.7 Å². The van der Waals surface area contributed by atoms with Crippen molar-refractivity contribution in [2.75, 3.05) is 16.8 Å². The summed E-state index contributed by atoms with van der Waals surface area (Å²) in [6.45, 7) is 6.78. The predicted molar refractivity (Wildman–Crippen MR) is 110 cm³/mol. The Kier molecular flexibility index (Phi) is 3.68.